The molecule has 0 bridgehead atoms. The number of β-lactam (4-membered cyclic amide) rings is 1. The quantitative estimate of drug-likeness (QED) is 0.173. The van der Waals surface area contributed by atoms with Crippen molar-refractivity contribution in [1.29, 1.82) is 0 Å². The average molecular weight is 643 g/mol. The van der Waals surface area contributed by atoms with Gasteiger partial charge in [0.15, 0.2) is 24.3 Å². The van der Waals surface area contributed by atoms with Crippen molar-refractivity contribution in [3.63, 3.8) is 0 Å². The van der Waals surface area contributed by atoms with E-state index in [1.54, 1.807) is 24.3 Å². The maximum absolute atomic E-state index is 14.4. The number of ether oxygens (including phenoxy) is 3. The Morgan fingerprint density at radius 2 is 1.50 bits per heavy atom. The van der Waals surface area contributed by atoms with Crippen LogP contribution in [0.25, 0.3) is 0 Å². The summed E-state index contributed by atoms with van der Waals surface area (Å²) < 4.78 is 45.1. The Morgan fingerprint density at radius 1 is 0.870 bits per heavy atom. The maximum Gasteiger partial charge on any atom is 0.356 e. The minimum absolute atomic E-state index is 0.0424. The van der Waals surface area contributed by atoms with Crippen LogP contribution in [0.1, 0.15) is 17.2 Å². The molecule has 2 heterocycles. The van der Waals surface area contributed by atoms with Gasteiger partial charge in [-0.15, -0.1) is 11.8 Å². The summed E-state index contributed by atoms with van der Waals surface area (Å²) in [5.74, 6) is -2.94. The van der Waals surface area contributed by atoms with Crippen molar-refractivity contribution < 1.29 is 37.4 Å². The molecule has 0 radical (unpaired) electrons. The molecular weight excluding hydrogens is 614 g/mol. The number of carbonyl (C=O) groups is 3. The van der Waals surface area contributed by atoms with Crippen LogP contribution >= 0.6 is 11.8 Å². The number of amides is 2. The third kappa shape index (κ3) is 6.74. The van der Waals surface area contributed by atoms with Crippen LogP contribution in [-0.4, -0.2) is 53.1 Å². The van der Waals surface area contributed by atoms with Crippen LogP contribution in [0.3, 0.4) is 0 Å². The first-order valence-corrected chi connectivity index (χ1v) is 15.5. The monoisotopic (exact) mass is 642 g/mol. The Morgan fingerprint density at radius 3 is 2.13 bits per heavy atom. The summed E-state index contributed by atoms with van der Waals surface area (Å²) in [4.78, 5) is 41.5. The summed E-state index contributed by atoms with van der Waals surface area (Å²) in [5.41, 5.74) is 1.77. The van der Waals surface area contributed by atoms with Crippen LogP contribution in [0.4, 0.5) is 8.78 Å². The van der Waals surface area contributed by atoms with E-state index in [-0.39, 0.29) is 30.4 Å². The number of halogens is 2. The van der Waals surface area contributed by atoms with E-state index in [1.807, 2.05) is 66.7 Å². The molecule has 2 aliphatic heterocycles. The van der Waals surface area contributed by atoms with Crippen LogP contribution in [0, 0.1) is 11.6 Å². The molecule has 0 spiro atoms. The van der Waals surface area contributed by atoms with Gasteiger partial charge in [0.2, 0.25) is 0 Å². The third-order valence-corrected chi connectivity index (χ3v) is 8.74. The zero-order chi connectivity index (χ0) is 32.0. The van der Waals surface area contributed by atoms with E-state index < -0.39 is 46.9 Å². The van der Waals surface area contributed by atoms with Gasteiger partial charge in [0.05, 0.1) is 0 Å². The van der Waals surface area contributed by atoms with Gasteiger partial charge in [0.25, 0.3) is 11.8 Å². The van der Waals surface area contributed by atoms with Gasteiger partial charge in [-0.2, -0.15) is 0 Å². The van der Waals surface area contributed by atoms with Crippen LogP contribution in [0.2, 0.25) is 0 Å². The molecule has 234 valence electrons. The van der Waals surface area contributed by atoms with Gasteiger partial charge in [-0.25, -0.2) is 13.6 Å². The second-order valence-corrected chi connectivity index (χ2v) is 11.6. The van der Waals surface area contributed by atoms with E-state index >= 15 is 0 Å². The minimum Gasteiger partial charge on any atom is -0.486 e. The molecule has 8 nitrogen and oxygen atoms in total. The lowest BCUT2D eigenvalue weighted by Gasteiger charge is -2.49. The second kappa shape index (κ2) is 13.9. The molecule has 0 aliphatic carbocycles. The molecule has 0 saturated carbocycles. The Labute approximate surface area is 268 Å². The molecule has 2 aliphatic rings. The van der Waals surface area contributed by atoms with E-state index in [4.69, 9.17) is 14.2 Å². The minimum atomic E-state index is -0.907. The molecule has 6 rings (SSSR count). The number of esters is 1. The van der Waals surface area contributed by atoms with Crippen molar-refractivity contribution in [2.24, 2.45) is 0 Å². The topological polar surface area (TPSA) is 94.2 Å². The molecule has 1 N–H and O–H groups in total. The Balaban J connectivity index is 1.25. The first-order chi connectivity index (χ1) is 22.4. The highest BCUT2D eigenvalue weighted by Crippen LogP contribution is 2.42. The average Bonchev–Trinajstić information content (AvgIpc) is 3.09. The highest BCUT2D eigenvalue weighted by molar-refractivity contribution is 8.00. The number of rotatable bonds is 11. The Kier molecular flexibility index (Phi) is 9.30. The number of hydrogen-bond donors (Lipinski definition) is 1. The summed E-state index contributed by atoms with van der Waals surface area (Å²) in [5, 5.41) is 2.10. The maximum atomic E-state index is 14.4. The van der Waals surface area contributed by atoms with Crippen molar-refractivity contribution in [1.82, 2.24) is 10.2 Å². The van der Waals surface area contributed by atoms with E-state index in [1.165, 1.54) is 16.7 Å². The summed E-state index contributed by atoms with van der Waals surface area (Å²) in [6.45, 7) is -0.562. The molecule has 4 aromatic carbocycles. The van der Waals surface area contributed by atoms with Crippen LogP contribution in [0.15, 0.2) is 120 Å². The van der Waals surface area contributed by atoms with E-state index in [0.29, 0.717) is 28.5 Å². The highest BCUT2D eigenvalue weighted by atomic mass is 32.2. The molecule has 2 amide bonds. The second-order valence-electron chi connectivity index (χ2n) is 10.5. The predicted octanol–water partition coefficient (Wildman–Crippen LogP) is 5.41. The standard InChI is InChI=1S/C35H28F2N2O6S/c36-25-16-17-28(27(37)18-25)44-19-24-21-46-34-30(38-29(40)20-43-26-14-8-3-9-15-26)33(41)39(34)31(24)35(42)45-32(22-10-4-1-5-11-22)23-12-6-2-7-13-23/h1-18,30,32,34H,19-21H2,(H,38,40)/t30?,34-/m1/s1. The number of fused-ring (bicyclic) bond motifs is 1. The first kappa shape index (κ1) is 30.8. The van der Waals surface area contributed by atoms with Crippen LogP contribution in [0.5, 0.6) is 11.5 Å². The highest BCUT2D eigenvalue weighted by Gasteiger charge is 2.54. The number of thioether (sulfide) groups is 1. The Bertz CT molecular complexity index is 1720. The molecule has 1 fully saturated rings. The smallest absolute Gasteiger partial charge is 0.356 e. The molecule has 2 atom stereocenters. The molecule has 46 heavy (non-hydrogen) atoms. The number of para-hydroxylation sites is 1. The lowest BCUT2D eigenvalue weighted by atomic mass is 10.0. The zero-order valence-corrected chi connectivity index (χ0v) is 25.1. The molecule has 4 aromatic rings. The van der Waals surface area contributed by atoms with Crippen molar-refractivity contribution >= 4 is 29.5 Å². The summed E-state index contributed by atoms with van der Waals surface area (Å²) in [7, 11) is 0. The third-order valence-electron chi connectivity index (χ3n) is 7.40. The van der Waals surface area contributed by atoms with Crippen molar-refractivity contribution in [2.75, 3.05) is 19.0 Å². The number of nitrogens with zero attached hydrogens (tertiary/aromatic N) is 1. The predicted molar refractivity (Wildman–Crippen MR) is 167 cm³/mol. The van der Waals surface area contributed by atoms with E-state index in [2.05, 4.69) is 5.32 Å². The molecule has 0 aromatic heterocycles. The van der Waals surface area contributed by atoms with E-state index in [0.717, 1.165) is 12.1 Å². The SMILES string of the molecule is O=C(COc1ccccc1)NC1C(=O)N2C(C(=O)OC(c3ccccc3)c3ccccc3)=C(COc3ccc(F)cc3F)CS[C@H]12. The molecule has 11 heteroatoms. The van der Waals surface area contributed by atoms with Gasteiger partial charge < -0.3 is 19.5 Å². The van der Waals surface area contributed by atoms with Gasteiger partial charge in [-0.1, -0.05) is 78.9 Å². The number of carbonyl (C=O) groups excluding carboxylic acids is 3. The van der Waals surface area contributed by atoms with Gasteiger partial charge >= 0.3 is 5.97 Å². The van der Waals surface area contributed by atoms with Gasteiger partial charge in [0.1, 0.15) is 35.3 Å². The first-order valence-electron chi connectivity index (χ1n) is 14.4. The number of benzene rings is 4. The zero-order valence-electron chi connectivity index (χ0n) is 24.3. The molecular formula is C35H28F2N2O6S. The Hall–Kier alpha value is -5.16. The van der Waals surface area contributed by atoms with Crippen molar-refractivity contribution in [2.45, 2.75) is 17.5 Å². The molecule has 1 saturated heterocycles. The van der Waals surface area contributed by atoms with E-state index in [9.17, 15) is 23.2 Å². The lowest BCUT2D eigenvalue weighted by molar-refractivity contribution is -0.155. The van der Waals surface area contributed by atoms with Crippen LogP contribution in [-0.2, 0) is 19.1 Å². The fraction of sp³-hybridized carbons (Fsp3) is 0.171. The fourth-order valence-electron chi connectivity index (χ4n) is 5.17. The van der Waals surface area contributed by atoms with Crippen molar-refractivity contribution in [3.05, 3.63) is 143 Å². The van der Waals surface area contributed by atoms with Crippen molar-refractivity contribution in [3.8, 4) is 11.5 Å². The van der Waals surface area contributed by atoms with Gasteiger partial charge in [-0.3, -0.25) is 14.5 Å². The van der Waals surface area contributed by atoms with Gasteiger partial charge in [-0.05, 0) is 35.4 Å². The largest absolute Gasteiger partial charge is 0.486 e. The number of hydrogen-bond acceptors (Lipinski definition) is 7. The summed E-state index contributed by atoms with van der Waals surface area (Å²) >= 11 is 1.31. The summed E-state index contributed by atoms with van der Waals surface area (Å²) in [6.07, 6.45) is -0.797. The lowest BCUT2D eigenvalue weighted by Crippen LogP contribution is -2.71. The van der Waals surface area contributed by atoms with Gasteiger partial charge in [0, 0.05) is 17.4 Å². The summed E-state index contributed by atoms with van der Waals surface area (Å²) in [6, 6.07) is 29.1. The fourth-order valence-corrected chi connectivity index (χ4v) is 6.49. The normalized spacial score (nSPS) is 17.2. The van der Waals surface area contributed by atoms with Crippen LogP contribution < -0.4 is 14.8 Å². The number of nitrogens with one attached hydrogen (secondary N) is 1. The molecule has 1 unspecified atom stereocenters.